The second kappa shape index (κ2) is 5.05. The summed E-state index contributed by atoms with van der Waals surface area (Å²) in [6, 6.07) is 0.310. The molecule has 2 atom stereocenters. The van der Waals surface area contributed by atoms with Gasteiger partial charge in [0.1, 0.15) is 0 Å². The molecule has 0 bridgehead atoms. The lowest BCUT2D eigenvalue weighted by molar-refractivity contribution is 0.149. The molecule has 0 spiro atoms. The summed E-state index contributed by atoms with van der Waals surface area (Å²) >= 11 is 1.70. The van der Waals surface area contributed by atoms with E-state index in [2.05, 4.69) is 15.7 Å². The highest BCUT2D eigenvalue weighted by Crippen LogP contribution is 2.18. The van der Waals surface area contributed by atoms with E-state index in [1.54, 1.807) is 11.3 Å². The predicted octanol–water partition coefficient (Wildman–Crippen LogP) is 1.50. The van der Waals surface area contributed by atoms with Gasteiger partial charge in [-0.15, -0.1) is 11.3 Å². The smallest absolute Gasteiger partial charge is 0.0897 e. The van der Waals surface area contributed by atoms with Crippen LogP contribution in [0.4, 0.5) is 0 Å². The molecule has 2 N–H and O–H groups in total. The van der Waals surface area contributed by atoms with Gasteiger partial charge in [0, 0.05) is 24.4 Å². The van der Waals surface area contributed by atoms with Gasteiger partial charge in [0.2, 0.25) is 0 Å². The van der Waals surface area contributed by atoms with Crippen LogP contribution in [-0.4, -0.2) is 28.8 Å². The van der Waals surface area contributed by atoms with E-state index in [0.29, 0.717) is 6.04 Å². The van der Waals surface area contributed by atoms with Crippen LogP contribution in [0.15, 0.2) is 5.38 Å². The molecule has 1 aromatic heterocycles. The van der Waals surface area contributed by atoms with E-state index in [4.69, 9.17) is 0 Å². The van der Waals surface area contributed by atoms with E-state index in [1.165, 1.54) is 0 Å². The fourth-order valence-electron chi connectivity index (χ4n) is 2.09. The van der Waals surface area contributed by atoms with Gasteiger partial charge in [-0.2, -0.15) is 0 Å². The lowest BCUT2D eigenvalue weighted by atomic mass is 10.2. The summed E-state index contributed by atoms with van der Waals surface area (Å²) in [7, 11) is 0. The minimum absolute atomic E-state index is 0.137. The monoisotopic (exact) mass is 226 g/mol. The van der Waals surface area contributed by atoms with Crippen LogP contribution in [-0.2, 0) is 6.42 Å². The molecule has 1 aliphatic rings. The molecular weight excluding hydrogens is 208 g/mol. The summed E-state index contributed by atoms with van der Waals surface area (Å²) in [6.07, 6.45) is 4.04. The second-order valence-corrected chi connectivity index (χ2v) is 5.23. The first-order chi connectivity index (χ1) is 7.25. The van der Waals surface area contributed by atoms with Gasteiger partial charge in [-0.1, -0.05) is 0 Å². The summed E-state index contributed by atoms with van der Waals surface area (Å²) in [4.78, 5) is 4.41. The van der Waals surface area contributed by atoms with E-state index < -0.39 is 0 Å². The molecule has 2 rings (SSSR count). The maximum absolute atomic E-state index is 9.61. The molecule has 1 saturated carbocycles. The highest BCUT2D eigenvalue weighted by molar-refractivity contribution is 7.09. The van der Waals surface area contributed by atoms with Crippen LogP contribution in [0.1, 0.15) is 30.0 Å². The Balaban J connectivity index is 1.70. The summed E-state index contributed by atoms with van der Waals surface area (Å²) < 4.78 is 0. The van der Waals surface area contributed by atoms with Crippen molar-refractivity contribution in [3.8, 4) is 0 Å². The predicted molar refractivity (Wildman–Crippen MR) is 62.2 cm³/mol. The Bertz CT molecular complexity index is 313. The van der Waals surface area contributed by atoms with E-state index in [-0.39, 0.29) is 6.10 Å². The zero-order valence-electron chi connectivity index (χ0n) is 9.07. The molecule has 0 amide bonds. The first-order valence-electron chi connectivity index (χ1n) is 5.58. The molecule has 1 aliphatic carbocycles. The van der Waals surface area contributed by atoms with Crippen LogP contribution in [0.25, 0.3) is 0 Å². The number of rotatable bonds is 4. The summed E-state index contributed by atoms with van der Waals surface area (Å²) in [5.74, 6) is 0. The third-order valence-electron chi connectivity index (χ3n) is 2.93. The molecular formula is C11H18N2OS. The van der Waals surface area contributed by atoms with Gasteiger partial charge in [-0.25, -0.2) is 4.98 Å². The average Bonchev–Trinajstić information content (AvgIpc) is 2.77. The third kappa shape index (κ3) is 3.00. The summed E-state index contributed by atoms with van der Waals surface area (Å²) in [5.41, 5.74) is 1.16. The van der Waals surface area contributed by atoms with E-state index in [0.717, 1.165) is 42.9 Å². The number of thiazole rings is 1. The second-order valence-electron chi connectivity index (χ2n) is 4.17. The Morgan fingerprint density at radius 3 is 3.07 bits per heavy atom. The Hall–Kier alpha value is -0.450. The van der Waals surface area contributed by atoms with Crippen molar-refractivity contribution in [2.45, 2.75) is 44.8 Å². The maximum Gasteiger partial charge on any atom is 0.0897 e. The molecule has 0 saturated heterocycles. The standard InChI is InChI=1S/C11H18N2OS/c1-8-13-9(7-15-8)5-6-12-10-3-2-4-11(10)14/h7,10-12,14H,2-6H2,1H3/t10-,11-/m1/s1. The number of hydrogen-bond donors (Lipinski definition) is 2. The maximum atomic E-state index is 9.61. The van der Waals surface area contributed by atoms with Gasteiger partial charge >= 0.3 is 0 Å². The fraction of sp³-hybridized carbons (Fsp3) is 0.727. The van der Waals surface area contributed by atoms with Crippen molar-refractivity contribution in [1.82, 2.24) is 10.3 Å². The van der Waals surface area contributed by atoms with Crippen molar-refractivity contribution in [3.05, 3.63) is 16.1 Å². The largest absolute Gasteiger partial charge is 0.392 e. The number of nitrogens with one attached hydrogen (secondary N) is 1. The van der Waals surface area contributed by atoms with Gasteiger partial charge in [0.15, 0.2) is 0 Å². The van der Waals surface area contributed by atoms with Crippen LogP contribution < -0.4 is 5.32 Å². The summed E-state index contributed by atoms with van der Waals surface area (Å²) in [6.45, 7) is 2.95. The molecule has 0 radical (unpaired) electrons. The molecule has 1 heterocycles. The van der Waals surface area contributed by atoms with Gasteiger partial charge in [0.05, 0.1) is 16.8 Å². The van der Waals surface area contributed by atoms with Gasteiger partial charge in [0.25, 0.3) is 0 Å². The molecule has 15 heavy (non-hydrogen) atoms. The van der Waals surface area contributed by atoms with Gasteiger partial charge < -0.3 is 10.4 Å². The van der Waals surface area contributed by atoms with Crippen molar-refractivity contribution in [2.75, 3.05) is 6.54 Å². The molecule has 1 aromatic rings. The minimum Gasteiger partial charge on any atom is -0.392 e. The average molecular weight is 226 g/mol. The van der Waals surface area contributed by atoms with Crippen LogP contribution in [0.2, 0.25) is 0 Å². The fourth-order valence-corrected chi connectivity index (χ4v) is 2.73. The lowest BCUT2D eigenvalue weighted by Crippen LogP contribution is -2.36. The van der Waals surface area contributed by atoms with Crippen molar-refractivity contribution in [2.24, 2.45) is 0 Å². The lowest BCUT2D eigenvalue weighted by Gasteiger charge is -2.15. The normalized spacial score (nSPS) is 26.0. The molecule has 4 heteroatoms. The number of nitrogens with zero attached hydrogens (tertiary/aromatic N) is 1. The first kappa shape index (κ1) is 11.0. The zero-order valence-corrected chi connectivity index (χ0v) is 9.89. The Kier molecular flexibility index (Phi) is 3.72. The number of aryl methyl sites for hydroxylation is 1. The number of aromatic nitrogens is 1. The number of hydrogen-bond acceptors (Lipinski definition) is 4. The van der Waals surface area contributed by atoms with Crippen LogP contribution in [0.5, 0.6) is 0 Å². The van der Waals surface area contributed by atoms with E-state index >= 15 is 0 Å². The molecule has 0 unspecified atom stereocenters. The highest BCUT2D eigenvalue weighted by Gasteiger charge is 2.23. The Morgan fingerprint density at radius 2 is 2.47 bits per heavy atom. The van der Waals surface area contributed by atoms with Crippen LogP contribution >= 0.6 is 11.3 Å². The van der Waals surface area contributed by atoms with E-state index in [1.807, 2.05) is 6.92 Å². The van der Waals surface area contributed by atoms with Crippen LogP contribution in [0.3, 0.4) is 0 Å². The topological polar surface area (TPSA) is 45.2 Å². The van der Waals surface area contributed by atoms with Gasteiger partial charge in [-0.3, -0.25) is 0 Å². The minimum atomic E-state index is -0.137. The zero-order chi connectivity index (χ0) is 10.7. The molecule has 0 aromatic carbocycles. The summed E-state index contributed by atoms with van der Waals surface area (Å²) in [5, 5.41) is 16.3. The molecule has 1 fully saturated rings. The van der Waals surface area contributed by atoms with Crippen molar-refractivity contribution >= 4 is 11.3 Å². The van der Waals surface area contributed by atoms with Gasteiger partial charge in [-0.05, 0) is 26.2 Å². The Labute approximate surface area is 94.5 Å². The highest BCUT2D eigenvalue weighted by atomic mass is 32.1. The van der Waals surface area contributed by atoms with Crippen molar-refractivity contribution < 1.29 is 5.11 Å². The third-order valence-corrected chi connectivity index (χ3v) is 3.76. The van der Waals surface area contributed by atoms with E-state index in [9.17, 15) is 5.11 Å². The number of aliphatic hydroxyl groups excluding tert-OH is 1. The SMILES string of the molecule is Cc1nc(CCN[C@@H]2CCC[C@H]2O)cs1. The first-order valence-corrected chi connectivity index (χ1v) is 6.46. The quantitative estimate of drug-likeness (QED) is 0.818. The molecule has 3 nitrogen and oxygen atoms in total. The van der Waals surface area contributed by atoms with Crippen molar-refractivity contribution in [3.63, 3.8) is 0 Å². The molecule has 84 valence electrons. The number of aliphatic hydroxyl groups is 1. The molecule has 0 aliphatic heterocycles. The van der Waals surface area contributed by atoms with Crippen LogP contribution in [0, 0.1) is 6.92 Å². The Morgan fingerprint density at radius 1 is 1.60 bits per heavy atom. The van der Waals surface area contributed by atoms with Crippen molar-refractivity contribution in [1.29, 1.82) is 0 Å².